The highest BCUT2D eigenvalue weighted by Gasteiger charge is 2.25. The van der Waals surface area contributed by atoms with Crippen LogP contribution >= 0.6 is 0 Å². The van der Waals surface area contributed by atoms with Crippen LogP contribution in [0.5, 0.6) is 0 Å². The fourth-order valence-corrected chi connectivity index (χ4v) is 3.39. The summed E-state index contributed by atoms with van der Waals surface area (Å²) in [7, 11) is -3.67. The highest BCUT2D eigenvalue weighted by atomic mass is 32.2. The van der Waals surface area contributed by atoms with Gasteiger partial charge in [0.05, 0.1) is 11.3 Å². The average molecular weight is 286 g/mol. The van der Waals surface area contributed by atoms with Crippen molar-refractivity contribution in [2.24, 2.45) is 0 Å². The van der Waals surface area contributed by atoms with Crippen molar-refractivity contribution in [1.82, 2.24) is 4.31 Å². The molecular weight excluding hydrogens is 268 g/mol. The lowest BCUT2D eigenvalue weighted by molar-refractivity contribution is 0.0697. The van der Waals surface area contributed by atoms with Gasteiger partial charge in [-0.2, -0.15) is 4.31 Å². The minimum Gasteiger partial charge on any atom is -0.478 e. The Kier molecular flexibility index (Phi) is 4.90. The van der Waals surface area contributed by atoms with Gasteiger partial charge in [-0.25, -0.2) is 13.2 Å². The summed E-state index contributed by atoms with van der Waals surface area (Å²) in [6.45, 7) is 4.37. The number of nitrogen functional groups attached to an aromatic ring is 1. The molecule has 0 aromatic heterocycles. The maximum Gasteiger partial charge on any atom is 0.335 e. The Morgan fingerprint density at radius 2 is 2.00 bits per heavy atom. The number of carboxylic acids is 1. The molecule has 7 heteroatoms. The average Bonchev–Trinajstić information content (AvgIpc) is 2.35. The van der Waals surface area contributed by atoms with Crippen LogP contribution in [0.4, 0.5) is 5.69 Å². The summed E-state index contributed by atoms with van der Waals surface area (Å²) in [5, 5.41) is 8.83. The number of rotatable bonds is 6. The van der Waals surface area contributed by atoms with Crippen molar-refractivity contribution >= 4 is 21.7 Å². The molecule has 0 aliphatic carbocycles. The summed E-state index contributed by atoms with van der Waals surface area (Å²) in [4.78, 5) is 10.7. The Morgan fingerprint density at radius 1 is 1.37 bits per heavy atom. The first-order valence-electron chi connectivity index (χ1n) is 5.97. The van der Waals surface area contributed by atoms with Gasteiger partial charge >= 0.3 is 5.97 Å². The molecule has 0 radical (unpaired) electrons. The van der Waals surface area contributed by atoms with Gasteiger partial charge in [0.25, 0.3) is 0 Å². The van der Waals surface area contributed by atoms with Crippen molar-refractivity contribution in [1.29, 1.82) is 0 Å². The Morgan fingerprint density at radius 3 is 2.42 bits per heavy atom. The number of hydrogen-bond acceptors (Lipinski definition) is 4. The summed E-state index contributed by atoms with van der Waals surface area (Å²) in [5.74, 6) is -1.14. The zero-order valence-electron chi connectivity index (χ0n) is 11.0. The Balaban J connectivity index is 3.25. The first kappa shape index (κ1) is 15.5. The summed E-state index contributed by atoms with van der Waals surface area (Å²) < 4.78 is 26.0. The van der Waals surface area contributed by atoms with Gasteiger partial charge in [0.1, 0.15) is 4.90 Å². The number of nitrogens with two attached hydrogens (primary N) is 1. The molecular formula is C12H18N2O4S. The van der Waals surface area contributed by atoms with Crippen LogP contribution in [0.15, 0.2) is 23.1 Å². The number of aromatic carboxylic acids is 1. The number of carboxylic acid groups (broad SMARTS) is 1. The summed E-state index contributed by atoms with van der Waals surface area (Å²) in [6.07, 6.45) is 0.695. The molecule has 0 aliphatic heterocycles. The molecule has 0 atom stereocenters. The molecule has 3 N–H and O–H groups in total. The number of nitrogens with zero attached hydrogens (tertiary/aromatic N) is 1. The minimum atomic E-state index is -3.67. The summed E-state index contributed by atoms with van der Waals surface area (Å²) in [6, 6.07) is 3.65. The van der Waals surface area contributed by atoms with Gasteiger partial charge < -0.3 is 10.8 Å². The fraction of sp³-hybridized carbons (Fsp3) is 0.417. The SMILES string of the molecule is CCCN(CC)S(=O)(=O)c1ccc(C(=O)O)cc1N. The van der Waals surface area contributed by atoms with Crippen molar-refractivity contribution in [3.63, 3.8) is 0 Å². The zero-order valence-corrected chi connectivity index (χ0v) is 11.8. The molecule has 1 aromatic rings. The predicted octanol–water partition coefficient (Wildman–Crippen LogP) is 1.39. The van der Waals surface area contributed by atoms with E-state index in [-0.39, 0.29) is 16.1 Å². The lowest BCUT2D eigenvalue weighted by atomic mass is 10.2. The van der Waals surface area contributed by atoms with Crippen LogP contribution in [0.2, 0.25) is 0 Å². The van der Waals surface area contributed by atoms with Gasteiger partial charge in [-0.3, -0.25) is 0 Å². The van der Waals surface area contributed by atoms with Gasteiger partial charge in [-0.1, -0.05) is 13.8 Å². The van der Waals surface area contributed by atoms with E-state index < -0.39 is 16.0 Å². The van der Waals surface area contributed by atoms with E-state index in [1.165, 1.54) is 16.4 Å². The predicted molar refractivity (Wildman–Crippen MR) is 72.5 cm³/mol. The van der Waals surface area contributed by atoms with Gasteiger partial charge in [-0.05, 0) is 24.6 Å². The van der Waals surface area contributed by atoms with Crippen molar-refractivity contribution in [3.8, 4) is 0 Å². The fourth-order valence-electron chi connectivity index (χ4n) is 1.75. The van der Waals surface area contributed by atoms with Gasteiger partial charge in [0.2, 0.25) is 10.0 Å². The molecule has 0 bridgehead atoms. The second kappa shape index (κ2) is 6.03. The number of carbonyl (C=O) groups is 1. The molecule has 106 valence electrons. The lowest BCUT2D eigenvalue weighted by Crippen LogP contribution is -2.32. The largest absolute Gasteiger partial charge is 0.478 e. The topological polar surface area (TPSA) is 101 Å². The normalized spacial score (nSPS) is 11.7. The molecule has 19 heavy (non-hydrogen) atoms. The van der Waals surface area contributed by atoms with E-state index in [1.807, 2.05) is 6.92 Å². The Labute approximate surface area is 112 Å². The van der Waals surface area contributed by atoms with Gasteiger partial charge in [0.15, 0.2) is 0 Å². The molecule has 0 heterocycles. The number of anilines is 1. The van der Waals surface area contributed by atoms with E-state index in [1.54, 1.807) is 6.92 Å². The Bertz CT molecular complexity index is 569. The molecule has 0 amide bonds. The van der Waals surface area contributed by atoms with Crippen LogP contribution in [-0.2, 0) is 10.0 Å². The van der Waals surface area contributed by atoms with Crippen molar-refractivity contribution < 1.29 is 18.3 Å². The van der Waals surface area contributed by atoms with Crippen LogP contribution in [-0.4, -0.2) is 36.9 Å². The molecule has 0 fully saturated rings. The number of benzene rings is 1. The van der Waals surface area contributed by atoms with E-state index in [4.69, 9.17) is 10.8 Å². The van der Waals surface area contributed by atoms with Crippen LogP contribution < -0.4 is 5.73 Å². The second-order valence-corrected chi connectivity index (χ2v) is 5.96. The molecule has 1 aromatic carbocycles. The van der Waals surface area contributed by atoms with Crippen LogP contribution in [0.3, 0.4) is 0 Å². The Hall–Kier alpha value is -1.60. The van der Waals surface area contributed by atoms with Gasteiger partial charge in [-0.15, -0.1) is 0 Å². The van der Waals surface area contributed by atoms with E-state index in [9.17, 15) is 13.2 Å². The third kappa shape index (κ3) is 3.24. The standard InChI is InChI=1S/C12H18N2O4S/c1-3-7-14(4-2)19(17,18)11-6-5-9(12(15)16)8-10(11)13/h5-6,8H,3-4,7,13H2,1-2H3,(H,15,16). The van der Waals surface area contributed by atoms with E-state index in [0.717, 1.165) is 6.07 Å². The van der Waals surface area contributed by atoms with Crippen LogP contribution in [0.25, 0.3) is 0 Å². The highest BCUT2D eigenvalue weighted by Crippen LogP contribution is 2.23. The first-order chi connectivity index (χ1) is 8.84. The van der Waals surface area contributed by atoms with Crippen molar-refractivity contribution in [2.75, 3.05) is 18.8 Å². The van der Waals surface area contributed by atoms with Crippen LogP contribution in [0.1, 0.15) is 30.6 Å². The van der Waals surface area contributed by atoms with E-state index >= 15 is 0 Å². The van der Waals surface area contributed by atoms with Crippen LogP contribution in [0, 0.1) is 0 Å². The molecule has 0 saturated carbocycles. The highest BCUT2D eigenvalue weighted by molar-refractivity contribution is 7.89. The third-order valence-corrected chi connectivity index (χ3v) is 4.75. The second-order valence-electron chi connectivity index (χ2n) is 4.05. The quantitative estimate of drug-likeness (QED) is 0.769. The molecule has 0 unspecified atom stereocenters. The lowest BCUT2D eigenvalue weighted by Gasteiger charge is -2.20. The van der Waals surface area contributed by atoms with Crippen molar-refractivity contribution in [2.45, 2.75) is 25.2 Å². The third-order valence-electron chi connectivity index (χ3n) is 2.70. The number of sulfonamides is 1. The first-order valence-corrected chi connectivity index (χ1v) is 7.41. The maximum atomic E-state index is 12.4. The molecule has 0 saturated heterocycles. The molecule has 0 spiro atoms. The van der Waals surface area contributed by atoms with Crippen molar-refractivity contribution in [3.05, 3.63) is 23.8 Å². The summed E-state index contributed by atoms with van der Waals surface area (Å²) >= 11 is 0. The van der Waals surface area contributed by atoms with Gasteiger partial charge in [0, 0.05) is 13.1 Å². The van der Waals surface area contributed by atoms with E-state index in [0.29, 0.717) is 19.5 Å². The molecule has 1 rings (SSSR count). The summed E-state index contributed by atoms with van der Waals surface area (Å²) in [5.41, 5.74) is 5.59. The zero-order chi connectivity index (χ0) is 14.6. The smallest absolute Gasteiger partial charge is 0.335 e. The van der Waals surface area contributed by atoms with E-state index in [2.05, 4.69) is 0 Å². The molecule has 6 nitrogen and oxygen atoms in total. The minimum absolute atomic E-state index is 0.0324. The monoisotopic (exact) mass is 286 g/mol. The number of hydrogen-bond donors (Lipinski definition) is 2. The molecule has 0 aliphatic rings. The maximum absolute atomic E-state index is 12.4.